The molecule has 2 heterocycles. The normalized spacial score (nSPS) is 11.8. The quantitative estimate of drug-likeness (QED) is 0.373. The molecule has 1 N–H and O–H groups in total. The summed E-state index contributed by atoms with van der Waals surface area (Å²) in [5.41, 5.74) is 6.09. The van der Waals surface area contributed by atoms with Gasteiger partial charge in [-0.3, -0.25) is 0 Å². The summed E-state index contributed by atoms with van der Waals surface area (Å²) in [6, 6.07) is 29.2. The molecule has 0 aliphatic heterocycles. The van der Waals surface area contributed by atoms with E-state index < -0.39 is 0 Å². The van der Waals surface area contributed by atoms with Gasteiger partial charge in [-0.1, -0.05) is 66.7 Å². The van der Waals surface area contributed by atoms with E-state index in [2.05, 4.69) is 64.3 Å². The molecule has 0 spiro atoms. The number of nitrogens with one attached hydrogen (secondary N) is 1. The van der Waals surface area contributed by atoms with Crippen molar-refractivity contribution in [3.05, 3.63) is 108 Å². The van der Waals surface area contributed by atoms with E-state index in [1.54, 1.807) is 0 Å². The van der Waals surface area contributed by atoms with Gasteiger partial charge in [-0.25, -0.2) is 0 Å². The molecule has 0 atom stereocenters. The molecule has 0 fully saturated rings. The zero-order valence-corrected chi connectivity index (χ0v) is 15.8. The zero-order chi connectivity index (χ0) is 19.6. The molecule has 138 valence electrons. The standard InChI is InChI=1S/C26H19N3/c27-15-20(14-21-16-28-25-12-6-4-10-22(21)25)24-18-29(17-19-8-2-1-3-9-19)26-13-7-5-11-23(24)26/h1-14,16,18,28H,17H2/b20-14+. The molecule has 0 aliphatic rings. The molecule has 0 aliphatic carbocycles. The first kappa shape index (κ1) is 17.1. The molecular weight excluding hydrogens is 354 g/mol. The van der Waals surface area contributed by atoms with Gasteiger partial charge in [0.2, 0.25) is 0 Å². The SMILES string of the molecule is N#C/C(=C\c1c[nH]c2ccccc12)c1cn(Cc2ccccc2)c2ccccc12. The van der Waals surface area contributed by atoms with Crippen molar-refractivity contribution in [3.63, 3.8) is 0 Å². The van der Waals surface area contributed by atoms with Gasteiger partial charge >= 0.3 is 0 Å². The summed E-state index contributed by atoms with van der Waals surface area (Å²) >= 11 is 0. The Kier molecular flexibility index (Phi) is 4.23. The summed E-state index contributed by atoms with van der Waals surface area (Å²) in [4.78, 5) is 3.28. The summed E-state index contributed by atoms with van der Waals surface area (Å²) in [5, 5.41) is 12.2. The molecule has 0 unspecified atom stereocenters. The Morgan fingerprint density at radius 1 is 0.897 bits per heavy atom. The lowest BCUT2D eigenvalue weighted by atomic mass is 10.0. The number of rotatable bonds is 4. The van der Waals surface area contributed by atoms with Crippen LogP contribution in [-0.4, -0.2) is 9.55 Å². The second-order valence-electron chi connectivity index (χ2n) is 7.13. The summed E-state index contributed by atoms with van der Waals surface area (Å²) in [6.45, 7) is 0.771. The molecule has 0 radical (unpaired) electrons. The van der Waals surface area contributed by atoms with E-state index in [4.69, 9.17) is 0 Å². The molecule has 0 saturated heterocycles. The first-order chi connectivity index (χ1) is 14.3. The third-order valence-electron chi connectivity index (χ3n) is 5.32. The monoisotopic (exact) mass is 373 g/mol. The van der Waals surface area contributed by atoms with Gasteiger partial charge in [0, 0.05) is 51.9 Å². The summed E-state index contributed by atoms with van der Waals surface area (Å²) in [6.07, 6.45) is 6.04. The number of aromatic nitrogens is 2. The number of para-hydroxylation sites is 2. The molecule has 5 rings (SSSR count). The van der Waals surface area contributed by atoms with Gasteiger partial charge in [-0.15, -0.1) is 0 Å². The maximum Gasteiger partial charge on any atom is 0.0998 e. The van der Waals surface area contributed by atoms with Crippen molar-refractivity contribution < 1.29 is 0 Å². The number of H-pyrrole nitrogens is 1. The van der Waals surface area contributed by atoms with Crippen LogP contribution in [-0.2, 0) is 6.54 Å². The summed E-state index contributed by atoms with van der Waals surface area (Å²) in [5.74, 6) is 0. The molecule has 0 amide bonds. The van der Waals surface area contributed by atoms with Gasteiger partial charge in [-0.05, 0) is 23.8 Å². The van der Waals surface area contributed by atoms with Crippen molar-refractivity contribution in [1.29, 1.82) is 5.26 Å². The minimum atomic E-state index is 0.665. The molecule has 0 saturated carbocycles. The van der Waals surface area contributed by atoms with E-state index in [1.165, 1.54) is 5.56 Å². The van der Waals surface area contributed by atoms with E-state index in [0.717, 1.165) is 39.5 Å². The number of benzene rings is 3. The number of nitrogens with zero attached hydrogens (tertiary/aromatic N) is 2. The van der Waals surface area contributed by atoms with Crippen LogP contribution in [0.5, 0.6) is 0 Å². The summed E-state index contributed by atoms with van der Waals surface area (Å²) in [7, 11) is 0. The van der Waals surface area contributed by atoms with E-state index >= 15 is 0 Å². The number of hydrogen-bond acceptors (Lipinski definition) is 1. The first-order valence-corrected chi connectivity index (χ1v) is 9.63. The number of hydrogen-bond donors (Lipinski definition) is 1. The summed E-state index contributed by atoms with van der Waals surface area (Å²) < 4.78 is 2.22. The number of fused-ring (bicyclic) bond motifs is 2. The van der Waals surface area contributed by atoms with E-state index in [-0.39, 0.29) is 0 Å². The van der Waals surface area contributed by atoms with E-state index in [1.807, 2.05) is 48.7 Å². The topological polar surface area (TPSA) is 44.5 Å². The largest absolute Gasteiger partial charge is 0.361 e. The Morgan fingerprint density at radius 3 is 2.45 bits per heavy atom. The van der Waals surface area contributed by atoms with Crippen LogP contribution in [0.25, 0.3) is 33.5 Å². The second kappa shape index (κ2) is 7.18. The highest BCUT2D eigenvalue weighted by Gasteiger charge is 2.13. The van der Waals surface area contributed by atoms with Gasteiger partial charge < -0.3 is 9.55 Å². The number of allylic oxidation sites excluding steroid dienone is 1. The van der Waals surface area contributed by atoms with E-state index in [0.29, 0.717) is 5.57 Å². The molecule has 3 aromatic carbocycles. The first-order valence-electron chi connectivity index (χ1n) is 9.63. The maximum absolute atomic E-state index is 9.97. The molecule has 5 aromatic rings. The molecular formula is C26H19N3. The zero-order valence-electron chi connectivity index (χ0n) is 15.8. The highest BCUT2D eigenvalue weighted by molar-refractivity contribution is 6.04. The highest BCUT2D eigenvalue weighted by Crippen LogP contribution is 2.30. The Labute approximate surface area is 169 Å². The third-order valence-corrected chi connectivity index (χ3v) is 5.32. The Bertz CT molecular complexity index is 1380. The van der Waals surface area contributed by atoms with Crippen LogP contribution in [0.3, 0.4) is 0 Å². The third kappa shape index (κ3) is 3.11. The predicted molar refractivity (Wildman–Crippen MR) is 119 cm³/mol. The maximum atomic E-state index is 9.97. The fraction of sp³-hybridized carbons (Fsp3) is 0.0385. The van der Waals surface area contributed by atoms with Crippen LogP contribution < -0.4 is 0 Å². The van der Waals surface area contributed by atoms with Gasteiger partial charge in [-0.2, -0.15) is 5.26 Å². The average molecular weight is 373 g/mol. The van der Waals surface area contributed by atoms with E-state index in [9.17, 15) is 5.26 Å². The molecule has 29 heavy (non-hydrogen) atoms. The van der Waals surface area contributed by atoms with Crippen molar-refractivity contribution in [2.24, 2.45) is 0 Å². The van der Waals surface area contributed by atoms with Crippen LogP contribution in [0.1, 0.15) is 16.7 Å². The van der Waals surface area contributed by atoms with Crippen LogP contribution in [0.2, 0.25) is 0 Å². The van der Waals surface area contributed by atoms with Gasteiger partial charge in [0.05, 0.1) is 11.6 Å². The van der Waals surface area contributed by atoms with Crippen molar-refractivity contribution >= 4 is 33.5 Å². The lowest BCUT2D eigenvalue weighted by molar-refractivity contribution is 0.836. The second-order valence-corrected chi connectivity index (χ2v) is 7.13. The van der Waals surface area contributed by atoms with Crippen molar-refractivity contribution in [1.82, 2.24) is 9.55 Å². The van der Waals surface area contributed by atoms with Crippen LogP contribution >= 0.6 is 0 Å². The molecule has 0 bridgehead atoms. The van der Waals surface area contributed by atoms with Crippen LogP contribution in [0, 0.1) is 11.3 Å². The van der Waals surface area contributed by atoms with Crippen molar-refractivity contribution in [3.8, 4) is 6.07 Å². The highest BCUT2D eigenvalue weighted by atomic mass is 15.0. The van der Waals surface area contributed by atoms with Crippen LogP contribution in [0.4, 0.5) is 0 Å². The lowest BCUT2D eigenvalue weighted by Crippen LogP contribution is -1.97. The van der Waals surface area contributed by atoms with Gasteiger partial charge in [0.1, 0.15) is 0 Å². The Hall–Kier alpha value is -4.03. The number of nitriles is 1. The van der Waals surface area contributed by atoms with Gasteiger partial charge in [0.15, 0.2) is 0 Å². The Balaban J connectivity index is 1.64. The van der Waals surface area contributed by atoms with Gasteiger partial charge in [0.25, 0.3) is 0 Å². The fourth-order valence-corrected chi connectivity index (χ4v) is 3.91. The Morgan fingerprint density at radius 2 is 1.62 bits per heavy atom. The molecule has 3 nitrogen and oxygen atoms in total. The minimum Gasteiger partial charge on any atom is -0.361 e. The number of aromatic amines is 1. The molecule has 3 heteroatoms. The predicted octanol–water partition coefficient (Wildman–Crippen LogP) is 6.24. The van der Waals surface area contributed by atoms with Crippen molar-refractivity contribution in [2.45, 2.75) is 6.54 Å². The van der Waals surface area contributed by atoms with Crippen LogP contribution in [0.15, 0.2) is 91.3 Å². The fourth-order valence-electron chi connectivity index (χ4n) is 3.91. The lowest BCUT2D eigenvalue weighted by Gasteiger charge is -2.05. The average Bonchev–Trinajstić information content (AvgIpc) is 3.35. The van der Waals surface area contributed by atoms with Crippen molar-refractivity contribution in [2.75, 3.05) is 0 Å². The smallest absolute Gasteiger partial charge is 0.0998 e. The minimum absolute atomic E-state index is 0.665. The molecule has 2 aromatic heterocycles.